The third-order valence-corrected chi connectivity index (χ3v) is 6.27. The molecule has 0 fully saturated rings. The quantitative estimate of drug-likeness (QED) is 0.423. The highest BCUT2D eigenvalue weighted by Gasteiger charge is 2.52. The smallest absolute Gasteiger partial charge is 0.455 e. The molecular formula is C18H23F3O6Si. The first-order valence-corrected chi connectivity index (χ1v) is 10.9. The van der Waals surface area contributed by atoms with Crippen LogP contribution in [0.3, 0.4) is 0 Å². The van der Waals surface area contributed by atoms with Crippen LogP contribution < -0.4 is 0 Å². The molecule has 6 nitrogen and oxygen atoms in total. The summed E-state index contributed by atoms with van der Waals surface area (Å²) in [5.41, 5.74) is -0.104. The van der Waals surface area contributed by atoms with Crippen LogP contribution in [0.1, 0.15) is 52.0 Å². The summed E-state index contributed by atoms with van der Waals surface area (Å²) in [6, 6.07) is 0.984. The van der Waals surface area contributed by atoms with E-state index in [1.165, 1.54) is 20.8 Å². The fourth-order valence-corrected chi connectivity index (χ4v) is 4.72. The standard InChI is InChI=1S/C18H23F3O6Si/c1-4-16(22)25-28(26-17(23)5-2,27-18(24)6-3)9-7-8-12-10-14(20)15(21)11-13(12)19/h10-11H,4-9H2,1-3H3. The van der Waals surface area contributed by atoms with Crippen molar-refractivity contribution in [3.63, 3.8) is 0 Å². The molecule has 0 unspecified atom stereocenters. The van der Waals surface area contributed by atoms with Crippen LogP contribution in [0.25, 0.3) is 0 Å². The fourth-order valence-electron chi connectivity index (χ4n) is 2.20. The summed E-state index contributed by atoms with van der Waals surface area (Å²) < 4.78 is 55.9. The van der Waals surface area contributed by atoms with Gasteiger partial charge in [-0.25, -0.2) is 13.2 Å². The predicted octanol–water partition coefficient (Wildman–Crippen LogP) is 3.84. The molecular weight excluding hydrogens is 397 g/mol. The Labute approximate surface area is 162 Å². The van der Waals surface area contributed by atoms with Crippen molar-refractivity contribution in [1.82, 2.24) is 0 Å². The van der Waals surface area contributed by atoms with Crippen molar-refractivity contribution in [3.05, 3.63) is 35.1 Å². The Morgan fingerprint density at radius 3 is 1.64 bits per heavy atom. The lowest BCUT2D eigenvalue weighted by molar-refractivity contribution is -0.150. The molecule has 0 aliphatic carbocycles. The van der Waals surface area contributed by atoms with Gasteiger partial charge in [0, 0.05) is 25.3 Å². The predicted molar refractivity (Wildman–Crippen MR) is 94.3 cm³/mol. The van der Waals surface area contributed by atoms with Crippen molar-refractivity contribution >= 4 is 26.7 Å². The van der Waals surface area contributed by atoms with Crippen molar-refractivity contribution in [2.75, 3.05) is 0 Å². The third kappa shape index (κ3) is 6.99. The molecule has 0 N–H and O–H groups in total. The minimum Gasteiger partial charge on any atom is -0.455 e. The maximum atomic E-state index is 13.8. The van der Waals surface area contributed by atoms with Gasteiger partial charge in [0.25, 0.3) is 17.9 Å². The molecule has 0 atom stereocenters. The van der Waals surface area contributed by atoms with Crippen molar-refractivity contribution in [2.45, 2.75) is 58.9 Å². The fraction of sp³-hybridized carbons (Fsp3) is 0.500. The van der Waals surface area contributed by atoms with E-state index in [-0.39, 0.29) is 43.7 Å². The molecule has 1 rings (SSSR count). The van der Waals surface area contributed by atoms with E-state index >= 15 is 0 Å². The molecule has 0 aliphatic heterocycles. The summed E-state index contributed by atoms with van der Waals surface area (Å²) in [6.45, 7) is 4.55. The minimum absolute atomic E-state index is 0.0409. The van der Waals surface area contributed by atoms with E-state index in [1.807, 2.05) is 0 Å². The Morgan fingerprint density at radius 2 is 1.21 bits per heavy atom. The van der Waals surface area contributed by atoms with Crippen LogP contribution in [-0.2, 0) is 34.1 Å². The van der Waals surface area contributed by atoms with E-state index in [4.69, 9.17) is 13.3 Å². The first-order chi connectivity index (χ1) is 13.2. The summed E-state index contributed by atoms with van der Waals surface area (Å²) in [5, 5.41) is 0. The molecule has 0 radical (unpaired) electrons. The molecule has 1 aromatic carbocycles. The Kier molecular flexibility index (Phi) is 9.16. The lowest BCUT2D eigenvalue weighted by atomic mass is 10.1. The van der Waals surface area contributed by atoms with Gasteiger partial charge < -0.3 is 13.3 Å². The minimum atomic E-state index is -4.08. The number of hydrogen-bond donors (Lipinski definition) is 0. The molecule has 0 amide bonds. The zero-order valence-corrected chi connectivity index (χ0v) is 17.0. The van der Waals surface area contributed by atoms with Gasteiger partial charge in [0.15, 0.2) is 11.6 Å². The number of hydrogen-bond acceptors (Lipinski definition) is 6. The first kappa shape index (κ1) is 23.7. The Balaban J connectivity index is 3.04. The summed E-state index contributed by atoms with van der Waals surface area (Å²) in [4.78, 5) is 35.4. The molecule has 28 heavy (non-hydrogen) atoms. The van der Waals surface area contributed by atoms with E-state index in [9.17, 15) is 27.6 Å². The van der Waals surface area contributed by atoms with Gasteiger partial charge in [-0.05, 0) is 24.5 Å². The zero-order chi connectivity index (χ0) is 21.3. The molecule has 0 heterocycles. The van der Waals surface area contributed by atoms with Crippen LogP contribution >= 0.6 is 0 Å². The van der Waals surface area contributed by atoms with Gasteiger partial charge in [0.1, 0.15) is 5.82 Å². The molecule has 0 aliphatic rings. The van der Waals surface area contributed by atoms with E-state index in [2.05, 4.69) is 0 Å². The highest BCUT2D eigenvalue weighted by atomic mass is 28.4. The van der Waals surface area contributed by atoms with Gasteiger partial charge in [-0.2, -0.15) is 0 Å². The van der Waals surface area contributed by atoms with Gasteiger partial charge >= 0.3 is 8.80 Å². The normalized spacial score (nSPS) is 11.1. The van der Waals surface area contributed by atoms with Crippen molar-refractivity contribution in [1.29, 1.82) is 0 Å². The lowest BCUT2D eigenvalue weighted by Gasteiger charge is -2.27. The number of carbonyl (C=O) groups is 3. The molecule has 0 spiro atoms. The van der Waals surface area contributed by atoms with Crippen LogP contribution in [0.4, 0.5) is 13.2 Å². The van der Waals surface area contributed by atoms with Gasteiger partial charge in [-0.3, -0.25) is 14.4 Å². The second-order valence-corrected chi connectivity index (χ2v) is 8.36. The van der Waals surface area contributed by atoms with Crippen LogP contribution in [-0.4, -0.2) is 26.7 Å². The number of aryl methyl sites for hydroxylation is 1. The molecule has 10 heteroatoms. The van der Waals surface area contributed by atoms with E-state index in [0.29, 0.717) is 6.07 Å². The van der Waals surface area contributed by atoms with E-state index < -0.39 is 44.2 Å². The van der Waals surface area contributed by atoms with Crippen LogP contribution in [0.2, 0.25) is 6.04 Å². The Morgan fingerprint density at radius 1 is 0.786 bits per heavy atom. The summed E-state index contributed by atoms with van der Waals surface area (Å²) in [7, 11) is -4.08. The highest BCUT2D eigenvalue weighted by molar-refractivity contribution is 6.65. The largest absolute Gasteiger partial charge is 0.705 e. The monoisotopic (exact) mass is 420 g/mol. The number of halogens is 3. The molecule has 0 aromatic heterocycles. The van der Waals surface area contributed by atoms with Gasteiger partial charge in [-0.1, -0.05) is 20.8 Å². The highest BCUT2D eigenvalue weighted by Crippen LogP contribution is 2.24. The van der Waals surface area contributed by atoms with E-state index in [1.54, 1.807) is 0 Å². The second-order valence-electron chi connectivity index (χ2n) is 5.88. The molecule has 0 saturated heterocycles. The maximum Gasteiger partial charge on any atom is 0.705 e. The molecule has 0 saturated carbocycles. The number of carbonyl (C=O) groups excluding carboxylic acids is 3. The zero-order valence-electron chi connectivity index (χ0n) is 16.0. The maximum absolute atomic E-state index is 13.8. The van der Waals surface area contributed by atoms with Crippen molar-refractivity contribution in [2.24, 2.45) is 0 Å². The SMILES string of the molecule is CCC(=O)O[Si](CCCc1cc(F)c(F)cc1F)(OC(=O)CC)OC(=O)CC. The van der Waals surface area contributed by atoms with Crippen LogP contribution in [0, 0.1) is 17.5 Å². The second kappa shape index (κ2) is 10.8. The summed E-state index contributed by atoms with van der Waals surface area (Å²) >= 11 is 0. The van der Waals surface area contributed by atoms with Crippen LogP contribution in [0.15, 0.2) is 12.1 Å². The number of rotatable bonds is 10. The van der Waals surface area contributed by atoms with Gasteiger partial charge in [-0.15, -0.1) is 0 Å². The van der Waals surface area contributed by atoms with Crippen molar-refractivity contribution < 1.29 is 40.8 Å². The average Bonchev–Trinajstić information content (AvgIpc) is 2.65. The Hall–Kier alpha value is -2.36. The van der Waals surface area contributed by atoms with Crippen LogP contribution in [0.5, 0.6) is 0 Å². The molecule has 0 bridgehead atoms. The van der Waals surface area contributed by atoms with E-state index in [0.717, 1.165) is 6.07 Å². The van der Waals surface area contributed by atoms with Gasteiger partial charge in [0.05, 0.1) is 6.04 Å². The third-order valence-electron chi connectivity index (χ3n) is 3.69. The molecule has 1 aromatic rings. The summed E-state index contributed by atoms with van der Waals surface area (Å²) in [5.74, 6) is -5.62. The average molecular weight is 420 g/mol. The van der Waals surface area contributed by atoms with Crippen molar-refractivity contribution in [3.8, 4) is 0 Å². The first-order valence-electron chi connectivity index (χ1n) is 8.95. The number of benzene rings is 1. The topological polar surface area (TPSA) is 78.9 Å². The lowest BCUT2D eigenvalue weighted by Crippen LogP contribution is -2.50. The molecule has 156 valence electrons. The van der Waals surface area contributed by atoms with Gasteiger partial charge in [0.2, 0.25) is 0 Å². The summed E-state index contributed by atoms with van der Waals surface area (Å²) in [6.07, 6.45) is -0.159. The Bertz CT molecular complexity index is 680.